The first-order valence-electron chi connectivity index (χ1n) is 6.38. The van der Waals surface area contributed by atoms with Gasteiger partial charge >= 0.3 is 5.97 Å². The van der Waals surface area contributed by atoms with Crippen molar-refractivity contribution in [1.29, 1.82) is 0 Å². The summed E-state index contributed by atoms with van der Waals surface area (Å²) in [5, 5.41) is 11.8. The molecule has 1 rings (SSSR count). The molecule has 7 heteroatoms. The van der Waals surface area contributed by atoms with Crippen molar-refractivity contribution in [1.82, 2.24) is 9.62 Å². The lowest BCUT2D eigenvalue weighted by atomic mass is 10.2. The number of aliphatic carboxylic acids is 1. The van der Waals surface area contributed by atoms with Crippen LogP contribution < -0.4 is 5.32 Å². The van der Waals surface area contributed by atoms with E-state index in [1.54, 1.807) is 0 Å². The Labute approximate surface area is 108 Å². The standard InChI is InChI=1S/C11H22N2O4S/c1-2-7-13(9-10-4-3-6-12-10)18(16,17)8-5-11(14)15/h10,12H,2-9H2,1H3,(H,14,15). The molecular weight excluding hydrogens is 256 g/mol. The summed E-state index contributed by atoms with van der Waals surface area (Å²) in [6, 6.07) is 0.205. The lowest BCUT2D eigenvalue weighted by Crippen LogP contribution is -2.42. The van der Waals surface area contributed by atoms with Crippen LogP contribution in [0.4, 0.5) is 0 Å². The van der Waals surface area contributed by atoms with E-state index in [0.717, 1.165) is 25.8 Å². The zero-order valence-corrected chi connectivity index (χ0v) is 11.6. The number of nitrogens with one attached hydrogen (secondary N) is 1. The summed E-state index contributed by atoms with van der Waals surface area (Å²) in [4.78, 5) is 10.5. The summed E-state index contributed by atoms with van der Waals surface area (Å²) in [7, 11) is -3.45. The van der Waals surface area contributed by atoms with Gasteiger partial charge in [-0.1, -0.05) is 6.92 Å². The van der Waals surface area contributed by atoms with E-state index in [9.17, 15) is 13.2 Å². The molecule has 0 aliphatic carbocycles. The number of hydrogen-bond acceptors (Lipinski definition) is 4. The Morgan fingerprint density at radius 2 is 2.22 bits per heavy atom. The van der Waals surface area contributed by atoms with Crippen molar-refractivity contribution in [2.75, 3.05) is 25.4 Å². The molecule has 0 saturated carbocycles. The summed E-state index contributed by atoms with van der Waals surface area (Å²) in [6.07, 6.45) is 2.45. The predicted molar refractivity (Wildman–Crippen MR) is 68.9 cm³/mol. The normalized spacial score (nSPS) is 20.4. The van der Waals surface area contributed by atoms with Crippen molar-refractivity contribution < 1.29 is 18.3 Å². The minimum atomic E-state index is -3.45. The quantitative estimate of drug-likeness (QED) is 0.665. The van der Waals surface area contributed by atoms with E-state index in [0.29, 0.717) is 13.1 Å². The molecule has 0 aromatic heterocycles. The van der Waals surface area contributed by atoms with E-state index in [2.05, 4.69) is 5.32 Å². The summed E-state index contributed by atoms with van der Waals surface area (Å²) in [5.74, 6) is -1.39. The molecule has 1 unspecified atom stereocenters. The van der Waals surface area contributed by atoms with Gasteiger partial charge < -0.3 is 10.4 Å². The van der Waals surface area contributed by atoms with Crippen LogP contribution in [0, 0.1) is 0 Å². The third kappa shape index (κ3) is 4.91. The van der Waals surface area contributed by atoms with Gasteiger partial charge in [0.2, 0.25) is 10.0 Å². The smallest absolute Gasteiger partial charge is 0.304 e. The van der Waals surface area contributed by atoms with Crippen LogP contribution in [-0.4, -0.2) is 55.2 Å². The molecule has 1 aliphatic rings. The van der Waals surface area contributed by atoms with E-state index in [-0.39, 0.29) is 18.2 Å². The third-order valence-electron chi connectivity index (χ3n) is 3.03. The fourth-order valence-corrected chi connectivity index (χ4v) is 3.66. The molecule has 6 nitrogen and oxygen atoms in total. The largest absolute Gasteiger partial charge is 0.481 e. The van der Waals surface area contributed by atoms with Gasteiger partial charge in [0, 0.05) is 19.1 Å². The van der Waals surface area contributed by atoms with E-state index in [4.69, 9.17) is 5.11 Å². The van der Waals surface area contributed by atoms with Gasteiger partial charge in [0.25, 0.3) is 0 Å². The summed E-state index contributed by atoms with van der Waals surface area (Å²) in [6.45, 7) is 3.76. The number of carboxylic acid groups (broad SMARTS) is 1. The Morgan fingerprint density at radius 1 is 1.50 bits per heavy atom. The molecule has 18 heavy (non-hydrogen) atoms. The van der Waals surface area contributed by atoms with Gasteiger partial charge in [-0.3, -0.25) is 4.79 Å². The number of carboxylic acids is 1. The lowest BCUT2D eigenvalue weighted by Gasteiger charge is -2.24. The first-order chi connectivity index (χ1) is 8.45. The molecule has 1 atom stereocenters. The monoisotopic (exact) mass is 278 g/mol. The maximum atomic E-state index is 12.0. The van der Waals surface area contributed by atoms with Crippen molar-refractivity contribution in [3.8, 4) is 0 Å². The maximum Gasteiger partial charge on any atom is 0.304 e. The summed E-state index contributed by atoms with van der Waals surface area (Å²) >= 11 is 0. The highest BCUT2D eigenvalue weighted by atomic mass is 32.2. The Kier molecular flexibility index (Phi) is 6.04. The highest BCUT2D eigenvalue weighted by molar-refractivity contribution is 7.89. The molecule has 0 spiro atoms. The van der Waals surface area contributed by atoms with Gasteiger partial charge in [-0.25, -0.2) is 12.7 Å². The molecular formula is C11H22N2O4S. The highest BCUT2D eigenvalue weighted by Gasteiger charge is 2.26. The first kappa shape index (κ1) is 15.4. The van der Waals surface area contributed by atoms with Crippen LogP contribution in [0.25, 0.3) is 0 Å². The van der Waals surface area contributed by atoms with Crippen molar-refractivity contribution in [2.45, 2.75) is 38.6 Å². The SMILES string of the molecule is CCCN(CC1CCCN1)S(=O)(=O)CCC(=O)O. The van der Waals surface area contributed by atoms with E-state index >= 15 is 0 Å². The Morgan fingerprint density at radius 3 is 2.72 bits per heavy atom. The number of sulfonamides is 1. The molecule has 0 radical (unpaired) electrons. The van der Waals surface area contributed by atoms with Crippen LogP contribution in [0.3, 0.4) is 0 Å². The second-order valence-electron chi connectivity index (χ2n) is 4.61. The molecule has 0 aromatic rings. The van der Waals surface area contributed by atoms with Crippen LogP contribution in [0.1, 0.15) is 32.6 Å². The molecule has 0 amide bonds. The van der Waals surface area contributed by atoms with Gasteiger partial charge in [-0.05, 0) is 25.8 Å². The number of nitrogens with zero attached hydrogens (tertiary/aromatic N) is 1. The van der Waals surface area contributed by atoms with Crippen LogP contribution >= 0.6 is 0 Å². The highest BCUT2D eigenvalue weighted by Crippen LogP contribution is 2.11. The fourth-order valence-electron chi connectivity index (χ4n) is 2.10. The summed E-state index contributed by atoms with van der Waals surface area (Å²) < 4.78 is 25.5. The van der Waals surface area contributed by atoms with Crippen LogP contribution in [0.2, 0.25) is 0 Å². The molecule has 1 aliphatic heterocycles. The fraction of sp³-hybridized carbons (Fsp3) is 0.909. The lowest BCUT2D eigenvalue weighted by molar-refractivity contribution is -0.136. The van der Waals surface area contributed by atoms with Gasteiger partial charge in [0.15, 0.2) is 0 Å². The van der Waals surface area contributed by atoms with Crippen LogP contribution in [-0.2, 0) is 14.8 Å². The minimum absolute atomic E-state index is 0.205. The molecule has 2 N–H and O–H groups in total. The molecule has 1 fully saturated rings. The van der Waals surface area contributed by atoms with Gasteiger partial charge in [0.1, 0.15) is 0 Å². The molecule has 0 bridgehead atoms. The van der Waals surface area contributed by atoms with Crippen molar-refractivity contribution in [3.05, 3.63) is 0 Å². The van der Waals surface area contributed by atoms with Crippen molar-refractivity contribution in [2.24, 2.45) is 0 Å². The van der Waals surface area contributed by atoms with Gasteiger partial charge in [0.05, 0.1) is 12.2 Å². The van der Waals surface area contributed by atoms with Gasteiger partial charge in [-0.2, -0.15) is 0 Å². The average Bonchev–Trinajstić information content (AvgIpc) is 2.79. The van der Waals surface area contributed by atoms with E-state index in [1.165, 1.54) is 4.31 Å². The van der Waals surface area contributed by atoms with E-state index < -0.39 is 16.0 Å². The Balaban J connectivity index is 2.60. The zero-order chi connectivity index (χ0) is 13.6. The predicted octanol–water partition coefficient (Wildman–Crippen LogP) is 0.255. The minimum Gasteiger partial charge on any atom is -0.481 e. The van der Waals surface area contributed by atoms with Crippen molar-refractivity contribution in [3.63, 3.8) is 0 Å². The Hall–Kier alpha value is -0.660. The van der Waals surface area contributed by atoms with E-state index in [1.807, 2.05) is 6.92 Å². The van der Waals surface area contributed by atoms with Gasteiger partial charge in [-0.15, -0.1) is 0 Å². The average molecular weight is 278 g/mol. The topological polar surface area (TPSA) is 86.7 Å². The molecule has 1 saturated heterocycles. The van der Waals surface area contributed by atoms with Crippen LogP contribution in [0.5, 0.6) is 0 Å². The number of rotatable bonds is 8. The molecule has 1 heterocycles. The first-order valence-corrected chi connectivity index (χ1v) is 7.99. The third-order valence-corrected chi connectivity index (χ3v) is 4.87. The molecule has 106 valence electrons. The summed E-state index contributed by atoms with van der Waals surface area (Å²) in [5.41, 5.74) is 0. The second-order valence-corrected chi connectivity index (χ2v) is 6.70. The zero-order valence-electron chi connectivity index (χ0n) is 10.8. The Bertz CT molecular complexity index is 363. The number of carbonyl (C=O) groups is 1. The molecule has 0 aromatic carbocycles. The van der Waals surface area contributed by atoms with Crippen molar-refractivity contribution >= 4 is 16.0 Å². The second kappa shape index (κ2) is 7.06. The maximum absolute atomic E-state index is 12.0. The van der Waals surface area contributed by atoms with Crippen LogP contribution in [0.15, 0.2) is 0 Å². The number of hydrogen-bond donors (Lipinski definition) is 2.